The normalized spacial score (nSPS) is 27.0. The molecule has 1 saturated heterocycles. The van der Waals surface area contributed by atoms with Crippen LogP contribution in [0.5, 0.6) is 0 Å². The van der Waals surface area contributed by atoms with Gasteiger partial charge in [-0.3, -0.25) is 4.90 Å². The lowest BCUT2D eigenvalue weighted by molar-refractivity contribution is 0.0780. The first-order chi connectivity index (χ1) is 6.62. The van der Waals surface area contributed by atoms with Gasteiger partial charge in [-0.1, -0.05) is 26.7 Å². The number of hydrogen-bond acceptors (Lipinski definition) is 2. The predicted molar refractivity (Wildman–Crippen MR) is 60.3 cm³/mol. The van der Waals surface area contributed by atoms with Gasteiger partial charge in [0.25, 0.3) is 0 Å². The van der Waals surface area contributed by atoms with E-state index in [1.165, 1.54) is 32.2 Å². The molecule has 0 aromatic heterocycles. The van der Waals surface area contributed by atoms with Crippen LogP contribution in [0.3, 0.4) is 0 Å². The van der Waals surface area contributed by atoms with Crippen molar-refractivity contribution in [2.75, 3.05) is 13.3 Å². The highest BCUT2D eigenvalue weighted by atomic mass is 16.5. The third kappa shape index (κ3) is 2.48. The molecule has 0 bridgehead atoms. The van der Waals surface area contributed by atoms with Gasteiger partial charge < -0.3 is 4.74 Å². The maximum Gasteiger partial charge on any atom is 0.1000 e. The van der Waals surface area contributed by atoms with E-state index >= 15 is 0 Å². The Labute approximate surface area is 88.6 Å². The molecule has 14 heavy (non-hydrogen) atoms. The fraction of sp³-hybridized carbons (Fsp3) is 1.00. The summed E-state index contributed by atoms with van der Waals surface area (Å²) in [5, 5.41) is 0. The maximum absolute atomic E-state index is 5.84. The molecule has 0 saturated carbocycles. The van der Waals surface area contributed by atoms with E-state index in [-0.39, 0.29) is 5.54 Å². The zero-order valence-electron chi connectivity index (χ0n) is 10.2. The zero-order chi connectivity index (χ0) is 10.6. The molecule has 1 aliphatic heterocycles. The largest absolute Gasteiger partial charge is 0.361 e. The van der Waals surface area contributed by atoms with E-state index in [1.807, 2.05) is 0 Å². The minimum absolute atomic E-state index is 0.241. The van der Waals surface area contributed by atoms with Crippen LogP contribution >= 0.6 is 0 Å². The number of hydrogen-bond donors (Lipinski definition) is 0. The molecule has 0 spiro atoms. The highest BCUT2D eigenvalue weighted by Crippen LogP contribution is 2.31. The summed E-state index contributed by atoms with van der Waals surface area (Å²) in [6, 6.07) is 0. The predicted octanol–water partition coefficient (Wildman–Crippen LogP) is 3.02. The number of rotatable bonds is 5. The van der Waals surface area contributed by atoms with Gasteiger partial charge in [-0.05, 0) is 26.7 Å². The topological polar surface area (TPSA) is 12.5 Å². The first kappa shape index (κ1) is 12.0. The van der Waals surface area contributed by atoms with Crippen LogP contribution in [0, 0.1) is 0 Å². The highest BCUT2D eigenvalue weighted by Gasteiger charge is 2.40. The van der Waals surface area contributed by atoms with E-state index in [0.29, 0.717) is 6.10 Å². The van der Waals surface area contributed by atoms with E-state index in [1.54, 1.807) is 0 Å². The van der Waals surface area contributed by atoms with Crippen LogP contribution in [0.25, 0.3) is 0 Å². The molecule has 0 aromatic rings. The van der Waals surface area contributed by atoms with Crippen molar-refractivity contribution < 1.29 is 4.74 Å². The standard InChI is InChI=1S/C12H25NO/c1-5-7-9-13-10-14-11(8-6-2)12(13,3)4/h11H,5-10H2,1-4H3. The van der Waals surface area contributed by atoms with Crippen molar-refractivity contribution in [3.8, 4) is 0 Å². The lowest BCUT2D eigenvalue weighted by Crippen LogP contribution is -2.45. The molecule has 0 aliphatic carbocycles. The molecule has 1 atom stereocenters. The van der Waals surface area contributed by atoms with E-state index in [9.17, 15) is 0 Å². The smallest absolute Gasteiger partial charge is 0.1000 e. The quantitative estimate of drug-likeness (QED) is 0.675. The number of nitrogens with zero attached hydrogens (tertiary/aromatic N) is 1. The second kappa shape index (κ2) is 5.13. The van der Waals surface area contributed by atoms with E-state index in [0.717, 1.165) is 6.73 Å². The molecule has 1 heterocycles. The molecule has 1 unspecified atom stereocenters. The molecule has 84 valence electrons. The van der Waals surface area contributed by atoms with Gasteiger partial charge in [0.2, 0.25) is 0 Å². The van der Waals surface area contributed by atoms with Gasteiger partial charge in [-0.15, -0.1) is 0 Å². The molecule has 0 radical (unpaired) electrons. The Bertz CT molecular complexity index is 168. The van der Waals surface area contributed by atoms with E-state index in [2.05, 4.69) is 32.6 Å². The van der Waals surface area contributed by atoms with Gasteiger partial charge in [0.05, 0.1) is 12.8 Å². The molecule has 1 aliphatic rings. The van der Waals surface area contributed by atoms with E-state index in [4.69, 9.17) is 4.74 Å². The van der Waals surface area contributed by atoms with Crippen molar-refractivity contribution in [3.05, 3.63) is 0 Å². The van der Waals surface area contributed by atoms with Crippen molar-refractivity contribution in [1.29, 1.82) is 0 Å². The number of ether oxygens (including phenoxy) is 1. The lowest BCUT2D eigenvalue weighted by atomic mass is 9.93. The summed E-state index contributed by atoms with van der Waals surface area (Å²) < 4.78 is 5.84. The molecule has 0 aromatic carbocycles. The van der Waals surface area contributed by atoms with Crippen LogP contribution in [0.1, 0.15) is 53.4 Å². The average molecular weight is 199 g/mol. The van der Waals surface area contributed by atoms with Crippen molar-refractivity contribution in [1.82, 2.24) is 4.90 Å². The second-order valence-electron chi connectivity index (χ2n) is 4.84. The Morgan fingerprint density at radius 1 is 1.29 bits per heavy atom. The van der Waals surface area contributed by atoms with Crippen molar-refractivity contribution >= 4 is 0 Å². The van der Waals surface area contributed by atoms with Crippen molar-refractivity contribution in [2.45, 2.75) is 65.0 Å². The Kier molecular flexibility index (Phi) is 4.39. The zero-order valence-corrected chi connectivity index (χ0v) is 10.2. The van der Waals surface area contributed by atoms with Crippen LogP contribution in [0.2, 0.25) is 0 Å². The van der Waals surface area contributed by atoms with Gasteiger partial charge in [0.1, 0.15) is 0 Å². The van der Waals surface area contributed by atoms with Crippen LogP contribution in [0.4, 0.5) is 0 Å². The summed E-state index contributed by atoms with van der Waals surface area (Å²) in [6.45, 7) is 11.1. The minimum Gasteiger partial charge on any atom is -0.361 e. The summed E-state index contributed by atoms with van der Waals surface area (Å²) in [6.07, 6.45) is 5.39. The third-order valence-corrected chi connectivity index (χ3v) is 3.37. The lowest BCUT2D eigenvalue weighted by Gasteiger charge is -2.33. The van der Waals surface area contributed by atoms with Crippen LogP contribution in [-0.4, -0.2) is 29.8 Å². The average Bonchev–Trinajstić information content (AvgIpc) is 2.41. The van der Waals surface area contributed by atoms with Gasteiger partial charge in [0.15, 0.2) is 0 Å². The molecular formula is C12H25NO. The highest BCUT2D eigenvalue weighted by molar-refractivity contribution is 4.92. The molecule has 2 heteroatoms. The summed E-state index contributed by atoms with van der Waals surface area (Å²) >= 11 is 0. The number of unbranched alkanes of at least 4 members (excludes halogenated alkanes) is 1. The fourth-order valence-corrected chi connectivity index (χ4v) is 2.15. The van der Waals surface area contributed by atoms with Crippen LogP contribution in [0.15, 0.2) is 0 Å². The van der Waals surface area contributed by atoms with Gasteiger partial charge in [-0.25, -0.2) is 0 Å². The summed E-state index contributed by atoms with van der Waals surface area (Å²) in [5.74, 6) is 0. The van der Waals surface area contributed by atoms with Crippen molar-refractivity contribution in [3.63, 3.8) is 0 Å². The van der Waals surface area contributed by atoms with Crippen LogP contribution < -0.4 is 0 Å². The van der Waals surface area contributed by atoms with Gasteiger partial charge in [-0.2, -0.15) is 0 Å². The molecule has 1 rings (SSSR count). The van der Waals surface area contributed by atoms with Gasteiger partial charge >= 0.3 is 0 Å². The summed E-state index contributed by atoms with van der Waals surface area (Å²) in [7, 11) is 0. The molecule has 1 fully saturated rings. The third-order valence-electron chi connectivity index (χ3n) is 3.37. The SMILES string of the molecule is CCCCN1COC(CCC)C1(C)C. The van der Waals surface area contributed by atoms with Gasteiger partial charge in [0, 0.05) is 12.1 Å². The summed E-state index contributed by atoms with van der Waals surface area (Å²) in [4.78, 5) is 2.48. The Morgan fingerprint density at radius 2 is 2.00 bits per heavy atom. The van der Waals surface area contributed by atoms with Crippen molar-refractivity contribution in [2.24, 2.45) is 0 Å². The Balaban J connectivity index is 2.47. The van der Waals surface area contributed by atoms with Crippen LogP contribution in [-0.2, 0) is 4.74 Å². The maximum atomic E-state index is 5.84. The molecular weight excluding hydrogens is 174 g/mol. The Morgan fingerprint density at radius 3 is 2.57 bits per heavy atom. The first-order valence-electron chi connectivity index (χ1n) is 5.99. The monoisotopic (exact) mass is 199 g/mol. The molecule has 0 N–H and O–H groups in total. The first-order valence-corrected chi connectivity index (χ1v) is 5.99. The fourth-order valence-electron chi connectivity index (χ4n) is 2.15. The summed E-state index contributed by atoms with van der Waals surface area (Å²) in [5.41, 5.74) is 0.241. The Hall–Kier alpha value is -0.0800. The molecule has 0 amide bonds. The van der Waals surface area contributed by atoms with E-state index < -0.39 is 0 Å². The second-order valence-corrected chi connectivity index (χ2v) is 4.84. The minimum atomic E-state index is 0.241. The molecule has 2 nitrogen and oxygen atoms in total.